The predicted octanol–water partition coefficient (Wildman–Crippen LogP) is 2.05. The van der Waals surface area contributed by atoms with Crippen molar-refractivity contribution in [1.82, 2.24) is 14.3 Å². The van der Waals surface area contributed by atoms with Crippen molar-refractivity contribution >= 4 is 23.1 Å². The van der Waals surface area contributed by atoms with E-state index in [4.69, 9.17) is 0 Å². The van der Waals surface area contributed by atoms with E-state index >= 15 is 0 Å². The van der Waals surface area contributed by atoms with Gasteiger partial charge in [-0.1, -0.05) is 24.3 Å². The minimum atomic E-state index is -0.285. The molecule has 1 aliphatic rings. The van der Waals surface area contributed by atoms with Crippen LogP contribution in [0.3, 0.4) is 0 Å². The van der Waals surface area contributed by atoms with Crippen LogP contribution in [0.2, 0.25) is 0 Å². The normalized spacial score (nSPS) is 14.5. The lowest BCUT2D eigenvalue weighted by Crippen LogP contribution is -2.50. The zero-order chi connectivity index (χ0) is 17.9. The Labute approximate surface area is 150 Å². The fourth-order valence-corrected chi connectivity index (χ4v) is 3.11. The SMILES string of the molecule is O=C(Nc1cnc2ccccn2c1=O)N1CCN(c2ccccc2)CC1. The molecule has 0 bridgehead atoms. The maximum atomic E-state index is 12.5. The van der Waals surface area contributed by atoms with E-state index in [-0.39, 0.29) is 17.3 Å². The van der Waals surface area contributed by atoms with Gasteiger partial charge in [-0.15, -0.1) is 0 Å². The Morgan fingerprint density at radius 1 is 0.962 bits per heavy atom. The van der Waals surface area contributed by atoms with Crippen molar-refractivity contribution < 1.29 is 4.79 Å². The number of piperazine rings is 1. The van der Waals surface area contributed by atoms with Gasteiger partial charge in [0.15, 0.2) is 0 Å². The summed E-state index contributed by atoms with van der Waals surface area (Å²) in [5.74, 6) is 0. The number of nitrogens with one attached hydrogen (secondary N) is 1. The van der Waals surface area contributed by atoms with Crippen LogP contribution in [0.4, 0.5) is 16.2 Å². The van der Waals surface area contributed by atoms with Gasteiger partial charge >= 0.3 is 6.03 Å². The zero-order valence-electron chi connectivity index (χ0n) is 14.2. The van der Waals surface area contributed by atoms with Crippen molar-refractivity contribution in [3.05, 3.63) is 71.3 Å². The molecule has 0 spiro atoms. The molecule has 2 aromatic heterocycles. The van der Waals surface area contributed by atoms with Crippen LogP contribution >= 0.6 is 0 Å². The molecule has 0 atom stereocenters. The Hall–Kier alpha value is -3.35. The van der Waals surface area contributed by atoms with Gasteiger partial charge in [-0.25, -0.2) is 9.78 Å². The number of aromatic nitrogens is 2. The van der Waals surface area contributed by atoms with E-state index in [0.29, 0.717) is 18.7 Å². The number of amides is 2. The van der Waals surface area contributed by atoms with Crippen LogP contribution in [0, 0.1) is 0 Å². The molecule has 0 unspecified atom stereocenters. The van der Waals surface area contributed by atoms with Gasteiger partial charge in [0.1, 0.15) is 11.3 Å². The van der Waals surface area contributed by atoms with Crippen LogP contribution < -0.4 is 15.8 Å². The van der Waals surface area contributed by atoms with Gasteiger partial charge in [-0.05, 0) is 24.3 Å². The Bertz CT molecular complexity index is 978. The number of benzene rings is 1. The second kappa shape index (κ2) is 6.87. The molecule has 7 nitrogen and oxygen atoms in total. The highest BCUT2D eigenvalue weighted by molar-refractivity contribution is 5.89. The van der Waals surface area contributed by atoms with Crippen LogP contribution in [-0.2, 0) is 0 Å². The molecule has 1 fully saturated rings. The first-order chi connectivity index (χ1) is 12.7. The lowest BCUT2D eigenvalue weighted by molar-refractivity contribution is 0.208. The minimum Gasteiger partial charge on any atom is -0.368 e. The highest BCUT2D eigenvalue weighted by Crippen LogP contribution is 2.16. The number of fused-ring (bicyclic) bond motifs is 1. The number of hydrogen-bond acceptors (Lipinski definition) is 4. The van der Waals surface area contributed by atoms with Crippen molar-refractivity contribution in [2.24, 2.45) is 0 Å². The molecule has 2 amide bonds. The van der Waals surface area contributed by atoms with Crippen molar-refractivity contribution in [1.29, 1.82) is 0 Å². The van der Waals surface area contributed by atoms with Gasteiger partial charge in [0.25, 0.3) is 5.56 Å². The first-order valence-corrected chi connectivity index (χ1v) is 8.55. The van der Waals surface area contributed by atoms with Gasteiger partial charge in [0, 0.05) is 38.1 Å². The molecule has 3 heterocycles. The monoisotopic (exact) mass is 349 g/mol. The van der Waals surface area contributed by atoms with Crippen LogP contribution in [0.1, 0.15) is 0 Å². The van der Waals surface area contributed by atoms with E-state index in [1.165, 1.54) is 10.6 Å². The second-order valence-electron chi connectivity index (χ2n) is 6.15. The highest BCUT2D eigenvalue weighted by atomic mass is 16.2. The molecule has 1 saturated heterocycles. The van der Waals surface area contributed by atoms with Gasteiger partial charge in [0.2, 0.25) is 0 Å². The standard InChI is InChI=1S/C19H19N5O2/c25-18-16(14-20-17-8-4-5-9-24(17)18)21-19(26)23-12-10-22(11-13-23)15-6-2-1-3-7-15/h1-9,14H,10-13H2,(H,21,26). The highest BCUT2D eigenvalue weighted by Gasteiger charge is 2.22. The fourth-order valence-electron chi connectivity index (χ4n) is 3.11. The quantitative estimate of drug-likeness (QED) is 0.769. The number of urea groups is 1. The van der Waals surface area contributed by atoms with Crippen LogP contribution in [0.25, 0.3) is 5.65 Å². The summed E-state index contributed by atoms with van der Waals surface area (Å²) in [5, 5.41) is 2.70. The van der Waals surface area contributed by atoms with Crippen LogP contribution in [0.5, 0.6) is 0 Å². The molecule has 3 aromatic rings. The summed E-state index contributed by atoms with van der Waals surface area (Å²) in [4.78, 5) is 33.2. The van der Waals surface area contributed by atoms with E-state index in [2.05, 4.69) is 27.3 Å². The zero-order valence-corrected chi connectivity index (χ0v) is 14.2. The predicted molar refractivity (Wildman–Crippen MR) is 101 cm³/mol. The molecule has 0 aliphatic carbocycles. The molecule has 132 valence electrons. The van der Waals surface area contributed by atoms with Gasteiger partial charge in [-0.2, -0.15) is 0 Å². The molecule has 1 aromatic carbocycles. The second-order valence-corrected chi connectivity index (χ2v) is 6.15. The molecular formula is C19H19N5O2. The first-order valence-electron chi connectivity index (χ1n) is 8.55. The third-order valence-corrected chi connectivity index (χ3v) is 4.54. The summed E-state index contributed by atoms with van der Waals surface area (Å²) >= 11 is 0. The lowest BCUT2D eigenvalue weighted by atomic mass is 10.2. The van der Waals surface area contributed by atoms with Gasteiger partial charge < -0.3 is 15.1 Å². The minimum absolute atomic E-state index is 0.184. The Kier molecular flexibility index (Phi) is 4.27. The van der Waals surface area contributed by atoms with Crippen molar-refractivity contribution in [3.63, 3.8) is 0 Å². The number of carbonyl (C=O) groups excluding carboxylic acids is 1. The van der Waals surface area contributed by atoms with E-state index < -0.39 is 0 Å². The number of rotatable bonds is 2. The number of nitrogens with zero attached hydrogens (tertiary/aromatic N) is 4. The largest absolute Gasteiger partial charge is 0.368 e. The fraction of sp³-hybridized carbons (Fsp3) is 0.211. The Morgan fingerprint density at radius 2 is 1.69 bits per heavy atom. The van der Waals surface area contributed by atoms with Crippen molar-refractivity contribution in [2.75, 3.05) is 36.4 Å². The maximum Gasteiger partial charge on any atom is 0.322 e. The number of anilines is 2. The van der Waals surface area contributed by atoms with E-state index in [1.807, 2.05) is 24.3 Å². The number of pyridine rings is 1. The number of carbonyl (C=O) groups is 1. The molecule has 0 radical (unpaired) electrons. The van der Waals surface area contributed by atoms with E-state index in [9.17, 15) is 9.59 Å². The summed E-state index contributed by atoms with van der Waals surface area (Å²) < 4.78 is 1.42. The molecule has 1 aliphatic heterocycles. The topological polar surface area (TPSA) is 70.0 Å². The molecule has 4 rings (SSSR count). The molecule has 7 heteroatoms. The summed E-state index contributed by atoms with van der Waals surface area (Å²) in [5.41, 5.74) is 1.60. The summed E-state index contributed by atoms with van der Waals surface area (Å²) in [6.07, 6.45) is 3.05. The van der Waals surface area contributed by atoms with Gasteiger partial charge in [0.05, 0.1) is 6.20 Å². The van der Waals surface area contributed by atoms with Gasteiger partial charge in [-0.3, -0.25) is 9.20 Å². The van der Waals surface area contributed by atoms with Crippen LogP contribution in [0.15, 0.2) is 65.7 Å². The lowest BCUT2D eigenvalue weighted by Gasteiger charge is -2.36. The summed E-state index contributed by atoms with van der Waals surface area (Å²) in [6, 6.07) is 15.2. The third-order valence-electron chi connectivity index (χ3n) is 4.54. The molecule has 1 N–H and O–H groups in total. The third kappa shape index (κ3) is 3.11. The van der Waals surface area contributed by atoms with Crippen LogP contribution in [-0.4, -0.2) is 46.5 Å². The van der Waals surface area contributed by atoms with E-state index in [1.54, 1.807) is 23.2 Å². The number of hydrogen-bond donors (Lipinski definition) is 1. The molecular weight excluding hydrogens is 330 g/mol. The maximum absolute atomic E-state index is 12.5. The smallest absolute Gasteiger partial charge is 0.322 e. The molecule has 26 heavy (non-hydrogen) atoms. The summed E-state index contributed by atoms with van der Waals surface area (Å²) in [7, 11) is 0. The molecule has 0 saturated carbocycles. The Balaban J connectivity index is 1.43. The average Bonchev–Trinajstić information content (AvgIpc) is 2.71. The van der Waals surface area contributed by atoms with Crippen molar-refractivity contribution in [3.8, 4) is 0 Å². The van der Waals surface area contributed by atoms with E-state index in [0.717, 1.165) is 18.8 Å². The average molecular weight is 349 g/mol. The Morgan fingerprint density at radius 3 is 2.46 bits per heavy atom. The van der Waals surface area contributed by atoms with Crippen molar-refractivity contribution in [2.45, 2.75) is 0 Å². The summed E-state index contributed by atoms with van der Waals surface area (Å²) in [6.45, 7) is 2.71. The first kappa shape index (κ1) is 16.1. The number of para-hydroxylation sites is 1.